The summed E-state index contributed by atoms with van der Waals surface area (Å²) < 4.78 is -0.739. The molecular weight excluding hydrogens is 295 g/mol. The first-order chi connectivity index (χ1) is 9.47. The molecule has 2 saturated heterocycles. The number of halogens is 2. The molecule has 2 aliphatic heterocycles. The summed E-state index contributed by atoms with van der Waals surface area (Å²) in [4.78, 5) is 9.54. The van der Waals surface area contributed by atoms with Crippen LogP contribution in [0.3, 0.4) is 0 Å². The number of nitrogens with zero attached hydrogens (tertiary/aromatic N) is 4. The molecule has 2 bridgehead atoms. The van der Waals surface area contributed by atoms with Crippen LogP contribution in [0.25, 0.3) is 0 Å². The van der Waals surface area contributed by atoms with E-state index in [0.717, 1.165) is 58.8 Å². The summed E-state index contributed by atoms with van der Waals surface area (Å²) in [6.45, 7) is 9.53. The van der Waals surface area contributed by atoms with Gasteiger partial charge in [0.2, 0.25) is 0 Å². The van der Waals surface area contributed by atoms with Crippen LogP contribution >= 0.6 is 23.2 Å². The van der Waals surface area contributed by atoms with E-state index in [4.69, 9.17) is 23.2 Å². The van der Waals surface area contributed by atoms with E-state index in [1.807, 2.05) is 0 Å². The number of rotatable bonds is 0. The maximum atomic E-state index is 6.63. The molecule has 0 radical (unpaired) electrons. The fourth-order valence-electron chi connectivity index (χ4n) is 2.91. The van der Waals surface area contributed by atoms with Crippen molar-refractivity contribution in [3.05, 3.63) is 0 Å². The minimum Gasteiger partial charge on any atom is -0.305 e. The Morgan fingerprint density at radius 1 is 0.700 bits per heavy atom. The molecule has 2 aliphatic rings. The standard InChI is InChI=1S/C14H28Cl2N4/c1-17-5-3-6-19-10-8-18(2)7-4-14(15,16)20(12-9-17)13-11-19/h3-13H2,1-2H3. The molecular formula is C14H28Cl2N4. The van der Waals surface area contributed by atoms with Crippen LogP contribution in [0.4, 0.5) is 0 Å². The van der Waals surface area contributed by atoms with Crippen LogP contribution in [0.15, 0.2) is 0 Å². The van der Waals surface area contributed by atoms with Gasteiger partial charge < -0.3 is 14.7 Å². The zero-order valence-corrected chi connectivity index (χ0v) is 14.3. The Labute approximate surface area is 133 Å². The Balaban J connectivity index is 2.10. The Morgan fingerprint density at radius 3 is 2.10 bits per heavy atom. The molecule has 4 nitrogen and oxygen atoms in total. The molecule has 20 heavy (non-hydrogen) atoms. The van der Waals surface area contributed by atoms with Gasteiger partial charge >= 0.3 is 0 Å². The topological polar surface area (TPSA) is 13.0 Å². The molecule has 0 aromatic carbocycles. The largest absolute Gasteiger partial charge is 0.305 e. The number of alkyl halides is 2. The van der Waals surface area contributed by atoms with Gasteiger partial charge in [-0.1, -0.05) is 23.2 Å². The van der Waals surface area contributed by atoms with Gasteiger partial charge in [0.1, 0.15) is 0 Å². The maximum absolute atomic E-state index is 6.63. The molecule has 0 aromatic rings. The first kappa shape index (κ1) is 16.8. The number of hydrogen-bond acceptors (Lipinski definition) is 4. The smallest absolute Gasteiger partial charge is 0.172 e. The van der Waals surface area contributed by atoms with Crippen LogP contribution in [0.2, 0.25) is 0 Å². The fraction of sp³-hybridized carbons (Fsp3) is 1.00. The molecule has 6 heteroatoms. The van der Waals surface area contributed by atoms with Gasteiger partial charge in [0.15, 0.2) is 4.46 Å². The Morgan fingerprint density at radius 2 is 1.30 bits per heavy atom. The predicted molar refractivity (Wildman–Crippen MR) is 86.7 cm³/mol. The lowest BCUT2D eigenvalue weighted by Gasteiger charge is -2.40. The quantitative estimate of drug-likeness (QED) is 0.493. The molecule has 0 amide bonds. The highest BCUT2D eigenvalue weighted by Gasteiger charge is 2.33. The summed E-state index contributed by atoms with van der Waals surface area (Å²) in [6, 6.07) is 0. The van der Waals surface area contributed by atoms with Crippen molar-refractivity contribution in [2.24, 2.45) is 0 Å². The van der Waals surface area contributed by atoms with Crippen molar-refractivity contribution < 1.29 is 0 Å². The zero-order chi connectivity index (χ0) is 14.6. The van der Waals surface area contributed by atoms with Crippen molar-refractivity contribution in [3.63, 3.8) is 0 Å². The van der Waals surface area contributed by atoms with Gasteiger partial charge in [-0.2, -0.15) is 0 Å². The third-order valence-corrected chi connectivity index (χ3v) is 5.36. The summed E-state index contributed by atoms with van der Waals surface area (Å²) in [5.74, 6) is 0. The van der Waals surface area contributed by atoms with Crippen LogP contribution in [-0.2, 0) is 0 Å². The lowest BCUT2D eigenvalue weighted by Crippen LogP contribution is -2.51. The van der Waals surface area contributed by atoms with Gasteiger partial charge in [-0.05, 0) is 33.6 Å². The van der Waals surface area contributed by atoms with Gasteiger partial charge in [0, 0.05) is 52.2 Å². The zero-order valence-electron chi connectivity index (χ0n) is 12.8. The van der Waals surface area contributed by atoms with Gasteiger partial charge in [-0.15, -0.1) is 0 Å². The van der Waals surface area contributed by atoms with Crippen LogP contribution < -0.4 is 0 Å². The number of likely N-dealkylation sites (N-methyl/N-ethyl adjacent to an activating group) is 2. The van der Waals surface area contributed by atoms with Crippen molar-refractivity contribution >= 4 is 23.2 Å². The van der Waals surface area contributed by atoms with E-state index in [1.165, 1.54) is 13.0 Å². The van der Waals surface area contributed by atoms with Gasteiger partial charge in [0.05, 0.1) is 0 Å². The molecule has 2 atom stereocenters. The molecule has 0 aromatic heterocycles. The Bertz CT molecular complexity index is 301. The van der Waals surface area contributed by atoms with E-state index < -0.39 is 4.46 Å². The highest BCUT2D eigenvalue weighted by molar-refractivity contribution is 6.48. The second-order valence-electron chi connectivity index (χ2n) is 6.20. The average Bonchev–Trinajstić information content (AvgIpc) is 2.40. The van der Waals surface area contributed by atoms with Crippen molar-refractivity contribution in [2.75, 3.05) is 73.0 Å². The van der Waals surface area contributed by atoms with E-state index in [-0.39, 0.29) is 0 Å². The monoisotopic (exact) mass is 322 g/mol. The highest BCUT2D eigenvalue weighted by Crippen LogP contribution is 2.30. The van der Waals surface area contributed by atoms with E-state index in [0.29, 0.717) is 0 Å². The molecule has 2 heterocycles. The van der Waals surface area contributed by atoms with Crippen molar-refractivity contribution in [2.45, 2.75) is 17.3 Å². The molecule has 0 spiro atoms. The molecule has 0 aliphatic carbocycles. The van der Waals surface area contributed by atoms with E-state index >= 15 is 0 Å². The normalized spacial score (nSPS) is 34.8. The van der Waals surface area contributed by atoms with Gasteiger partial charge in [-0.3, -0.25) is 4.90 Å². The molecule has 118 valence electrons. The summed E-state index contributed by atoms with van der Waals surface area (Å²) in [6.07, 6.45) is 2.05. The second-order valence-corrected chi connectivity index (χ2v) is 7.65. The van der Waals surface area contributed by atoms with Gasteiger partial charge in [-0.25, -0.2) is 0 Å². The SMILES string of the molecule is CN1CCCN2CCN(C)CCC(Cl)(Cl)N(CC1)CC2. The third-order valence-electron chi connectivity index (χ3n) is 4.51. The van der Waals surface area contributed by atoms with Crippen LogP contribution in [0, 0.1) is 0 Å². The number of fused-ring (bicyclic) bond motifs is 3. The summed E-state index contributed by atoms with van der Waals surface area (Å²) >= 11 is 13.3. The molecule has 0 N–H and O–H groups in total. The minimum atomic E-state index is -0.739. The fourth-order valence-corrected chi connectivity index (χ4v) is 3.42. The van der Waals surface area contributed by atoms with Gasteiger partial charge in [0.25, 0.3) is 0 Å². The van der Waals surface area contributed by atoms with Crippen molar-refractivity contribution in [1.82, 2.24) is 19.6 Å². The van der Waals surface area contributed by atoms with Crippen LogP contribution in [0.5, 0.6) is 0 Å². The lowest BCUT2D eigenvalue weighted by atomic mass is 10.2. The Hall–Kier alpha value is 0.420. The molecule has 2 unspecified atom stereocenters. The van der Waals surface area contributed by atoms with E-state index in [2.05, 4.69) is 33.7 Å². The first-order valence-corrected chi connectivity index (χ1v) is 8.45. The summed E-state index contributed by atoms with van der Waals surface area (Å²) in [7, 11) is 4.35. The van der Waals surface area contributed by atoms with E-state index in [1.54, 1.807) is 0 Å². The summed E-state index contributed by atoms with van der Waals surface area (Å²) in [5.41, 5.74) is 0. The second kappa shape index (κ2) is 7.61. The van der Waals surface area contributed by atoms with E-state index in [9.17, 15) is 0 Å². The predicted octanol–water partition coefficient (Wildman–Crippen LogP) is 1.39. The average molecular weight is 323 g/mol. The molecule has 2 fully saturated rings. The molecule has 2 rings (SSSR count). The summed E-state index contributed by atoms with van der Waals surface area (Å²) in [5, 5.41) is 0. The maximum Gasteiger partial charge on any atom is 0.172 e. The lowest BCUT2D eigenvalue weighted by molar-refractivity contribution is 0.112. The van der Waals surface area contributed by atoms with Crippen LogP contribution in [0.1, 0.15) is 12.8 Å². The van der Waals surface area contributed by atoms with Crippen molar-refractivity contribution in [1.29, 1.82) is 0 Å². The number of hydrogen-bond donors (Lipinski definition) is 0. The minimum absolute atomic E-state index is 0.739. The first-order valence-electron chi connectivity index (χ1n) is 7.70. The van der Waals surface area contributed by atoms with Crippen LogP contribution in [-0.4, -0.2) is 97.1 Å². The van der Waals surface area contributed by atoms with Crippen molar-refractivity contribution in [3.8, 4) is 0 Å². The third kappa shape index (κ3) is 5.00. The highest BCUT2D eigenvalue weighted by atomic mass is 35.5. The molecule has 0 saturated carbocycles. The Kier molecular flexibility index (Phi) is 6.39.